The van der Waals surface area contributed by atoms with Crippen molar-refractivity contribution in [3.63, 3.8) is 0 Å². The largest absolute Gasteiger partial charge is 0.493 e. The lowest BCUT2D eigenvalue weighted by Gasteiger charge is -2.01. The quantitative estimate of drug-likeness (QED) is 0.826. The number of aromatic hydroxyl groups is 1. The SMILES string of the molecule is CCc1ccc2[nH]c(O)c(N=NC(=O)C[C@H]3CCS(=O)(=O)C3)c2c1. The predicted molar refractivity (Wildman–Crippen MR) is 90.2 cm³/mol. The van der Waals surface area contributed by atoms with Gasteiger partial charge >= 0.3 is 0 Å². The first-order valence-electron chi connectivity index (χ1n) is 7.86. The van der Waals surface area contributed by atoms with Crippen LogP contribution in [0.4, 0.5) is 5.69 Å². The number of sulfone groups is 1. The van der Waals surface area contributed by atoms with Crippen molar-refractivity contribution in [3.05, 3.63) is 23.8 Å². The third-order valence-corrected chi connectivity index (χ3v) is 6.11. The number of nitrogens with zero attached hydrogens (tertiary/aromatic N) is 2. The molecule has 1 fully saturated rings. The highest BCUT2D eigenvalue weighted by atomic mass is 32.2. The molecule has 2 aromatic rings. The molecule has 1 aromatic heterocycles. The Morgan fingerprint density at radius 2 is 2.21 bits per heavy atom. The topological polar surface area (TPSA) is 112 Å². The molecule has 1 aromatic carbocycles. The van der Waals surface area contributed by atoms with Crippen molar-refractivity contribution in [1.29, 1.82) is 0 Å². The van der Waals surface area contributed by atoms with Gasteiger partial charge in [-0.05, 0) is 36.5 Å². The molecule has 24 heavy (non-hydrogen) atoms. The Morgan fingerprint density at radius 3 is 2.88 bits per heavy atom. The summed E-state index contributed by atoms with van der Waals surface area (Å²) < 4.78 is 22.8. The van der Waals surface area contributed by atoms with Crippen LogP contribution < -0.4 is 0 Å². The number of hydrogen-bond donors (Lipinski definition) is 2. The van der Waals surface area contributed by atoms with Crippen molar-refractivity contribution in [2.45, 2.75) is 26.2 Å². The van der Waals surface area contributed by atoms with Crippen LogP contribution in [0.15, 0.2) is 28.4 Å². The number of rotatable bonds is 4. The second-order valence-electron chi connectivity index (χ2n) is 6.12. The molecule has 8 heteroatoms. The van der Waals surface area contributed by atoms with Gasteiger partial charge in [0.15, 0.2) is 15.5 Å². The second kappa shape index (κ2) is 6.35. The van der Waals surface area contributed by atoms with Gasteiger partial charge in [0.2, 0.25) is 5.88 Å². The number of hydrogen-bond acceptors (Lipinski definition) is 5. The van der Waals surface area contributed by atoms with E-state index in [1.165, 1.54) is 0 Å². The Balaban J connectivity index is 1.77. The highest BCUT2D eigenvalue weighted by Gasteiger charge is 2.29. The average Bonchev–Trinajstić information content (AvgIpc) is 3.03. The van der Waals surface area contributed by atoms with Crippen LogP contribution in [0.2, 0.25) is 0 Å². The van der Waals surface area contributed by atoms with Gasteiger partial charge in [-0.25, -0.2) is 8.42 Å². The van der Waals surface area contributed by atoms with E-state index in [9.17, 15) is 18.3 Å². The number of H-pyrrole nitrogens is 1. The maximum Gasteiger partial charge on any atom is 0.265 e. The molecule has 1 aliphatic heterocycles. The van der Waals surface area contributed by atoms with E-state index in [4.69, 9.17) is 0 Å². The van der Waals surface area contributed by atoms with E-state index in [0.717, 1.165) is 12.0 Å². The lowest BCUT2D eigenvalue weighted by atomic mass is 10.1. The third kappa shape index (κ3) is 3.48. The molecule has 0 radical (unpaired) electrons. The number of carbonyl (C=O) groups excluding carboxylic acids is 1. The zero-order chi connectivity index (χ0) is 17.3. The van der Waals surface area contributed by atoms with E-state index in [1.807, 2.05) is 25.1 Å². The number of benzene rings is 1. The number of azo groups is 1. The van der Waals surface area contributed by atoms with Gasteiger partial charge in [0.25, 0.3) is 5.91 Å². The van der Waals surface area contributed by atoms with Crippen molar-refractivity contribution < 1.29 is 18.3 Å². The van der Waals surface area contributed by atoms with Crippen molar-refractivity contribution in [2.24, 2.45) is 16.1 Å². The van der Waals surface area contributed by atoms with E-state index >= 15 is 0 Å². The first-order chi connectivity index (χ1) is 11.4. The van der Waals surface area contributed by atoms with Crippen LogP contribution in [0.5, 0.6) is 5.88 Å². The van der Waals surface area contributed by atoms with Crippen molar-refractivity contribution >= 4 is 32.3 Å². The summed E-state index contributed by atoms with van der Waals surface area (Å²) in [6.07, 6.45) is 1.39. The van der Waals surface area contributed by atoms with Gasteiger partial charge in [-0.1, -0.05) is 13.0 Å². The zero-order valence-corrected chi connectivity index (χ0v) is 14.1. The van der Waals surface area contributed by atoms with Crippen molar-refractivity contribution in [3.8, 4) is 5.88 Å². The normalized spacial score (nSPS) is 20.1. The molecule has 0 aliphatic carbocycles. The number of amides is 1. The molecule has 1 saturated heterocycles. The molecule has 128 valence electrons. The molecule has 1 atom stereocenters. The fourth-order valence-electron chi connectivity index (χ4n) is 2.96. The van der Waals surface area contributed by atoms with E-state index in [0.29, 0.717) is 17.3 Å². The van der Waals surface area contributed by atoms with Crippen LogP contribution in [0.25, 0.3) is 10.9 Å². The number of nitrogens with one attached hydrogen (secondary N) is 1. The standard InChI is InChI=1S/C16H19N3O4S/c1-2-10-3-4-13-12(7-10)15(16(21)17-13)19-18-14(20)8-11-5-6-24(22,23)9-11/h3-4,7,11,17,21H,2,5-6,8-9H2,1H3/t11-/m1/s1. The molecule has 3 rings (SSSR count). The Labute approximate surface area is 139 Å². The summed E-state index contributed by atoms with van der Waals surface area (Å²) >= 11 is 0. The van der Waals surface area contributed by atoms with Gasteiger partial charge in [-0.2, -0.15) is 0 Å². The van der Waals surface area contributed by atoms with Gasteiger partial charge in [0, 0.05) is 11.8 Å². The molecule has 0 spiro atoms. The minimum atomic E-state index is -3.01. The predicted octanol–water partition coefficient (Wildman–Crippen LogP) is 2.87. The van der Waals surface area contributed by atoms with Gasteiger partial charge in [0.05, 0.1) is 17.0 Å². The summed E-state index contributed by atoms with van der Waals surface area (Å²) in [6.45, 7) is 2.02. The molecule has 0 bridgehead atoms. The number of aryl methyl sites for hydroxylation is 1. The highest BCUT2D eigenvalue weighted by Crippen LogP contribution is 2.36. The number of aromatic nitrogens is 1. The molecule has 2 heterocycles. The highest BCUT2D eigenvalue weighted by molar-refractivity contribution is 7.91. The summed E-state index contributed by atoms with van der Waals surface area (Å²) in [5.74, 6) is -0.641. The molecular formula is C16H19N3O4S. The van der Waals surface area contributed by atoms with Gasteiger partial charge in [-0.15, -0.1) is 10.2 Å². The zero-order valence-electron chi connectivity index (χ0n) is 13.3. The molecule has 7 nitrogen and oxygen atoms in total. The average molecular weight is 349 g/mol. The maximum atomic E-state index is 11.9. The minimum absolute atomic E-state index is 0.0342. The smallest absolute Gasteiger partial charge is 0.265 e. The molecule has 1 amide bonds. The van der Waals surface area contributed by atoms with Gasteiger partial charge in [0.1, 0.15) is 0 Å². The van der Waals surface area contributed by atoms with E-state index < -0.39 is 15.7 Å². The van der Waals surface area contributed by atoms with Crippen LogP contribution in [-0.4, -0.2) is 35.9 Å². The summed E-state index contributed by atoms with van der Waals surface area (Å²) in [5, 5.41) is 18.2. The van der Waals surface area contributed by atoms with Crippen LogP contribution in [0.1, 0.15) is 25.3 Å². The first-order valence-corrected chi connectivity index (χ1v) is 9.68. The molecule has 0 saturated carbocycles. The third-order valence-electron chi connectivity index (χ3n) is 4.28. The monoisotopic (exact) mass is 349 g/mol. The first kappa shape index (κ1) is 16.6. The van der Waals surface area contributed by atoms with E-state index in [2.05, 4.69) is 15.2 Å². The Morgan fingerprint density at radius 1 is 1.42 bits per heavy atom. The van der Waals surface area contributed by atoms with E-state index in [-0.39, 0.29) is 35.4 Å². The Hall–Kier alpha value is -2.22. The summed E-state index contributed by atoms with van der Waals surface area (Å²) in [7, 11) is -3.01. The van der Waals surface area contributed by atoms with Crippen LogP contribution in [0, 0.1) is 5.92 Å². The second-order valence-corrected chi connectivity index (χ2v) is 8.35. The van der Waals surface area contributed by atoms with Crippen molar-refractivity contribution in [2.75, 3.05) is 11.5 Å². The Kier molecular flexibility index (Phi) is 4.40. The fraction of sp³-hybridized carbons (Fsp3) is 0.438. The van der Waals surface area contributed by atoms with Crippen LogP contribution >= 0.6 is 0 Å². The number of fused-ring (bicyclic) bond motifs is 1. The van der Waals surface area contributed by atoms with Gasteiger partial charge in [-0.3, -0.25) is 4.79 Å². The van der Waals surface area contributed by atoms with E-state index in [1.54, 1.807) is 0 Å². The summed E-state index contributed by atoms with van der Waals surface area (Å²) in [4.78, 5) is 14.7. The summed E-state index contributed by atoms with van der Waals surface area (Å²) in [6, 6.07) is 5.69. The van der Waals surface area contributed by atoms with Gasteiger partial charge < -0.3 is 10.1 Å². The lowest BCUT2D eigenvalue weighted by molar-refractivity contribution is -0.119. The van der Waals surface area contributed by atoms with Crippen LogP contribution in [0.3, 0.4) is 0 Å². The lowest BCUT2D eigenvalue weighted by Crippen LogP contribution is -2.08. The summed E-state index contributed by atoms with van der Waals surface area (Å²) in [5.41, 5.74) is 2.03. The molecule has 2 N–H and O–H groups in total. The van der Waals surface area contributed by atoms with Crippen LogP contribution in [-0.2, 0) is 21.1 Å². The number of carbonyl (C=O) groups is 1. The fourth-order valence-corrected chi connectivity index (χ4v) is 4.82. The Bertz CT molecular complexity index is 915. The molecule has 0 unspecified atom stereocenters. The minimum Gasteiger partial charge on any atom is -0.493 e. The van der Waals surface area contributed by atoms with Crippen molar-refractivity contribution in [1.82, 2.24) is 4.98 Å². The maximum absolute atomic E-state index is 11.9. The molecular weight excluding hydrogens is 330 g/mol. The molecule has 1 aliphatic rings. The number of aromatic amines is 1.